The zero-order valence-corrected chi connectivity index (χ0v) is 24.6. The molecule has 1 aromatic rings. The SMILES string of the molecule is COCCCOc1cc(C[C@@H](C[C@H](N)[C@H](CN2CCCCC2)OC(=O)[C@@H](N)C(C)C)C(C)C)ccc1OC. The van der Waals surface area contributed by atoms with Crippen LogP contribution in [0.5, 0.6) is 11.5 Å². The molecule has 0 aromatic heterocycles. The molecule has 1 heterocycles. The van der Waals surface area contributed by atoms with Crippen molar-refractivity contribution in [3.63, 3.8) is 0 Å². The number of hydrogen-bond donors (Lipinski definition) is 2. The van der Waals surface area contributed by atoms with E-state index in [4.69, 9.17) is 30.4 Å². The number of likely N-dealkylation sites (tertiary alicyclic amines) is 1. The summed E-state index contributed by atoms with van der Waals surface area (Å²) in [4.78, 5) is 15.2. The fraction of sp³-hybridized carbons (Fsp3) is 0.767. The highest BCUT2D eigenvalue weighted by molar-refractivity contribution is 5.76. The molecule has 4 atom stereocenters. The van der Waals surface area contributed by atoms with Crippen LogP contribution in [-0.4, -0.2) is 76.1 Å². The maximum absolute atomic E-state index is 12.8. The molecule has 2 rings (SSSR count). The van der Waals surface area contributed by atoms with E-state index >= 15 is 0 Å². The molecule has 1 aliphatic rings. The molecule has 0 saturated carbocycles. The first-order chi connectivity index (χ1) is 18.2. The van der Waals surface area contributed by atoms with Crippen molar-refractivity contribution in [2.24, 2.45) is 29.2 Å². The van der Waals surface area contributed by atoms with Gasteiger partial charge in [0.2, 0.25) is 0 Å². The van der Waals surface area contributed by atoms with Gasteiger partial charge in [0.1, 0.15) is 12.1 Å². The largest absolute Gasteiger partial charge is 0.493 e. The van der Waals surface area contributed by atoms with E-state index in [0.29, 0.717) is 31.6 Å². The predicted molar refractivity (Wildman–Crippen MR) is 153 cm³/mol. The summed E-state index contributed by atoms with van der Waals surface area (Å²) in [6.07, 6.45) is 5.61. The second kappa shape index (κ2) is 17.0. The van der Waals surface area contributed by atoms with Crippen LogP contribution in [0.4, 0.5) is 0 Å². The van der Waals surface area contributed by atoms with Gasteiger partial charge in [-0.2, -0.15) is 0 Å². The molecule has 8 nitrogen and oxygen atoms in total. The number of piperidine rings is 1. The van der Waals surface area contributed by atoms with E-state index in [0.717, 1.165) is 43.9 Å². The fourth-order valence-electron chi connectivity index (χ4n) is 4.90. The van der Waals surface area contributed by atoms with Crippen molar-refractivity contribution < 1.29 is 23.7 Å². The van der Waals surface area contributed by atoms with Gasteiger partial charge in [0.05, 0.1) is 13.7 Å². The number of rotatable bonds is 17. The second-order valence-corrected chi connectivity index (χ2v) is 11.4. The molecule has 0 radical (unpaired) electrons. The predicted octanol–water partition coefficient (Wildman–Crippen LogP) is 4.02. The van der Waals surface area contributed by atoms with Crippen LogP contribution < -0.4 is 20.9 Å². The Labute approximate surface area is 230 Å². The van der Waals surface area contributed by atoms with Crippen molar-refractivity contribution in [3.05, 3.63) is 23.8 Å². The molecule has 38 heavy (non-hydrogen) atoms. The van der Waals surface area contributed by atoms with E-state index < -0.39 is 6.04 Å². The lowest BCUT2D eigenvalue weighted by Gasteiger charge is -2.35. The molecule has 0 spiro atoms. The van der Waals surface area contributed by atoms with Gasteiger partial charge in [-0.15, -0.1) is 0 Å². The lowest BCUT2D eigenvalue weighted by atomic mass is 9.83. The van der Waals surface area contributed by atoms with Crippen LogP contribution in [0.25, 0.3) is 0 Å². The number of ether oxygens (including phenoxy) is 4. The molecule has 1 fully saturated rings. The molecule has 1 aliphatic heterocycles. The van der Waals surface area contributed by atoms with E-state index in [1.54, 1.807) is 14.2 Å². The molecular formula is C30H53N3O5. The Balaban J connectivity index is 2.13. The van der Waals surface area contributed by atoms with Gasteiger partial charge in [0, 0.05) is 32.7 Å². The Morgan fingerprint density at radius 3 is 2.29 bits per heavy atom. The van der Waals surface area contributed by atoms with Gasteiger partial charge < -0.3 is 30.4 Å². The van der Waals surface area contributed by atoms with Gasteiger partial charge in [-0.25, -0.2) is 0 Å². The van der Waals surface area contributed by atoms with E-state index in [-0.39, 0.29) is 24.0 Å². The molecule has 0 unspecified atom stereocenters. The van der Waals surface area contributed by atoms with Gasteiger partial charge in [-0.1, -0.05) is 40.2 Å². The van der Waals surface area contributed by atoms with Crippen molar-refractivity contribution in [1.29, 1.82) is 0 Å². The van der Waals surface area contributed by atoms with Crippen molar-refractivity contribution in [2.75, 3.05) is 47.1 Å². The number of methoxy groups -OCH3 is 2. The maximum Gasteiger partial charge on any atom is 0.323 e. The average Bonchev–Trinajstić information content (AvgIpc) is 2.90. The van der Waals surface area contributed by atoms with Crippen molar-refractivity contribution in [1.82, 2.24) is 4.90 Å². The highest BCUT2D eigenvalue weighted by Gasteiger charge is 2.31. The number of carbonyl (C=O) groups excluding carboxylic acids is 1. The minimum Gasteiger partial charge on any atom is -0.493 e. The summed E-state index contributed by atoms with van der Waals surface area (Å²) in [5, 5.41) is 0. The maximum atomic E-state index is 12.8. The number of nitrogens with zero attached hydrogens (tertiary/aromatic N) is 1. The summed E-state index contributed by atoms with van der Waals surface area (Å²) >= 11 is 0. The Bertz CT molecular complexity index is 813. The lowest BCUT2D eigenvalue weighted by molar-refractivity contribution is -0.154. The first kappa shape index (κ1) is 32.3. The molecule has 4 N–H and O–H groups in total. The van der Waals surface area contributed by atoms with Crippen LogP contribution in [0.3, 0.4) is 0 Å². The van der Waals surface area contributed by atoms with Crippen LogP contribution in [0, 0.1) is 17.8 Å². The highest BCUT2D eigenvalue weighted by Crippen LogP contribution is 2.31. The van der Waals surface area contributed by atoms with E-state index in [2.05, 4.69) is 30.9 Å². The first-order valence-corrected chi connectivity index (χ1v) is 14.4. The molecule has 0 amide bonds. The zero-order chi connectivity index (χ0) is 28.1. The van der Waals surface area contributed by atoms with Crippen LogP contribution in [0.2, 0.25) is 0 Å². The van der Waals surface area contributed by atoms with Crippen LogP contribution >= 0.6 is 0 Å². The normalized spacial score (nSPS) is 17.7. The van der Waals surface area contributed by atoms with Crippen LogP contribution in [0.15, 0.2) is 18.2 Å². The molecule has 1 aromatic carbocycles. The van der Waals surface area contributed by atoms with Crippen LogP contribution in [-0.2, 0) is 20.7 Å². The molecule has 0 aliphatic carbocycles. The molecular weight excluding hydrogens is 482 g/mol. The smallest absolute Gasteiger partial charge is 0.323 e. The van der Waals surface area contributed by atoms with Gasteiger partial charge in [-0.05, 0) is 74.2 Å². The third kappa shape index (κ3) is 10.7. The number of nitrogens with two attached hydrogens (primary N) is 2. The lowest BCUT2D eigenvalue weighted by Crippen LogP contribution is -2.50. The molecule has 8 heteroatoms. The number of benzene rings is 1. The van der Waals surface area contributed by atoms with Crippen molar-refractivity contribution in [2.45, 2.75) is 84.4 Å². The number of carbonyl (C=O) groups is 1. The fourth-order valence-corrected chi connectivity index (χ4v) is 4.90. The molecule has 218 valence electrons. The van der Waals surface area contributed by atoms with Gasteiger partial charge in [-0.3, -0.25) is 9.69 Å². The zero-order valence-electron chi connectivity index (χ0n) is 24.6. The first-order valence-electron chi connectivity index (χ1n) is 14.4. The summed E-state index contributed by atoms with van der Waals surface area (Å²) in [6, 6.07) is 5.20. The van der Waals surface area contributed by atoms with E-state index in [1.165, 1.54) is 24.8 Å². The summed E-state index contributed by atoms with van der Waals surface area (Å²) in [6.45, 7) is 12.2. The second-order valence-electron chi connectivity index (χ2n) is 11.4. The Hall–Kier alpha value is -1.87. The molecule has 1 saturated heterocycles. The minimum atomic E-state index is -0.645. The summed E-state index contributed by atoms with van der Waals surface area (Å²) in [5.41, 5.74) is 14.1. The van der Waals surface area contributed by atoms with Gasteiger partial charge in [0.15, 0.2) is 11.5 Å². The summed E-state index contributed by atoms with van der Waals surface area (Å²) in [7, 11) is 3.34. The monoisotopic (exact) mass is 535 g/mol. The highest BCUT2D eigenvalue weighted by atomic mass is 16.5. The summed E-state index contributed by atoms with van der Waals surface area (Å²) < 4.78 is 22.6. The third-order valence-corrected chi connectivity index (χ3v) is 7.62. The number of hydrogen-bond acceptors (Lipinski definition) is 8. The Morgan fingerprint density at radius 1 is 0.974 bits per heavy atom. The summed E-state index contributed by atoms with van der Waals surface area (Å²) in [5.74, 6) is 1.83. The van der Waals surface area contributed by atoms with E-state index in [1.807, 2.05) is 19.9 Å². The minimum absolute atomic E-state index is 0.0127. The Morgan fingerprint density at radius 2 is 1.68 bits per heavy atom. The van der Waals surface area contributed by atoms with Crippen molar-refractivity contribution in [3.8, 4) is 11.5 Å². The van der Waals surface area contributed by atoms with Gasteiger partial charge >= 0.3 is 5.97 Å². The number of esters is 1. The topological polar surface area (TPSA) is 109 Å². The van der Waals surface area contributed by atoms with E-state index in [9.17, 15) is 4.79 Å². The Kier molecular flexibility index (Phi) is 14.4. The van der Waals surface area contributed by atoms with Crippen molar-refractivity contribution >= 4 is 5.97 Å². The molecule has 0 bridgehead atoms. The average molecular weight is 536 g/mol. The quantitative estimate of drug-likeness (QED) is 0.227. The van der Waals surface area contributed by atoms with Crippen LogP contribution in [0.1, 0.15) is 65.4 Å². The third-order valence-electron chi connectivity index (χ3n) is 7.62. The standard InChI is InChI=1S/C30H53N3O5/c1-21(2)24(17-23-11-12-26(36-6)27(18-23)37-16-10-15-35-5)19-25(31)28(20-33-13-8-7-9-14-33)38-30(34)29(32)22(3)4/h11-12,18,21-22,24-25,28-29H,7-10,13-17,19-20,31-32H2,1-6H3/t24-,25-,28-,29-/m0/s1. The van der Waals surface area contributed by atoms with Gasteiger partial charge in [0.25, 0.3) is 0 Å².